The fourth-order valence-corrected chi connectivity index (χ4v) is 4.63. The molecule has 0 aromatic heterocycles. The molecular formula is C17H26BrN3O3S. The molecule has 140 valence electrons. The van der Waals surface area contributed by atoms with Crippen molar-refractivity contribution in [3.05, 3.63) is 28.7 Å². The van der Waals surface area contributed by atoms with Crippen LogP contribution in [0.15, 0.2) is 33.6 Å². The molecule has 0 atom stereocenters. The number of halogens is 1. The van der Waals surface area contributed by atoms with Gasteiger partial charge in [-0.2, -0.15) is 4.31 Å². The van der Waals surface area contributed by atoms with E-state index in [9.17, 15) is 13.2 Å². The summed E-state index contributed by atoms with van der Waals surface area (Å²) in [4.78, 5) is 14.4. The number of hydrogen-bond donors (Lipinski definition) is 1. The summed E-state index contributed by atoms with van der Waals surface area (Å²) >= 11 is 3.32. The van der Waals surface area contributed by atoms with E-state index >= 15 is 0 Å². The second-order valence-corrected chi connectivity index (χ2v) is 9.45. The number of nitrogens with one attached hydrogen (secondary N) is 1. The van der Waals surface area contributed by atoms with Crippen LogP contribution in [0.5, 0.6) is 0 Å². The lowest BCUT2D eigenvalue weighted by Gasteiger charge is -2.29. The minimum atomic E-state index is -3.61. The summed E-state index contributed by atoms with van der Waals surface area (Å²) in [6, 6.07) is 6.61. The average Bonchev–Trinajstić information content (AvgIpc) is 2.59. The highest BCUT2D eigenvalue weighted by molar-refractivity contribution is 9.10. The van der Waals surface area contributed by atoms with Crippen molar-refractivity contribution in [1.82, 2.24) is 14.5 Å². The van der Waals surface area contributed by atoms with Gasteiger partial charge in [0.15, 0.2) is 0 Å². The zero-order valence-electron chi connectivity index (χ0n) is 14.7. The molecule has 0 saturated carbocycles. The first-order valence-corrected chi connectivity index (χ1v) is 10.8. The van der Waals surface area contributed by atoms with E-state index in [0.717, 1.165) is 17.6 Å². The average molecular weight is 432 g/mol. The Kier molecular flexibility index (Phi) is 7.42. The Hall–Kier alpha value is -0.960. The highest BCUT2D eigenvalue weighted by Gasteiger charge is 2.26. The fraction of sp³-hybridized carbons (Fsp3) is 0.588. The van der Waals surface area contributed by atoms with Crippen molar-refractivity contribution >= 4 is 31.9 Å². The Balaban J connectivity index is 2.09. The molecule has 2 rings (SSSR count). The third-order valence-corrected chi connectivity index (χ3v) is 6.47. The first kappa shape index (κ1) is 20.4. The molecule has 1 aliphatic heterocycles. The predicted octanol–water partition coefficient (Wildman–Crippen LogP) is 1.92. The van der Waals surface area contributed by atoms with Crippen molar-refractivity contribution in [2.75, 3.05) is 39.3 Å². The van der Waals surface area contributed by atoms with E-state index in [1.165, 1.54) is 4.31 Å². The molecule has 0 spiro atoms. The maximum Gasteiger partial charge on any atom is 0.243 e. The van der Waals surface area contributed by atoms with Crippen molar-refractivity contribution in [2.24, 2.45) is 5.92 Å². The van der Waals surface area contributed by atoms with Crippen LogP contribution in [-0.4, -0.2) is 62.8 Å². The van der Waals surface area contributed by atoms with Gasteiger partial charge in [0.05, 0.1) is 4.90 Å². The number of amides is 1. The number of sulfonamides is 1. The number of carbonyl (C=O) groups excluding carboxylic acids is 1. The number of rotatable bonds is 7. The van der Waals surface area contributed by atoms with Crippen molar-refractivity contribution in [3.63, 3.8) is 0 Å². The maximum atomic E-state index is 12.9. The third-order valence-electron chi connectivity index (χ3n) is 4.06. The van der Waals surface area contributed by atoms with Crippen LogP contribution >= 0.6 is 15.9 Å². The largest absolute Gasteiger partial charge is 0.340 e. The molecule has 1 aliphatic rings. The Morgan fingerprint density at radius 3 is 2.40 bits per heavy atom. The summed E-state index contributed by atoms with van der Waals surface area (Å²) in [6.07, 6.45) is 0.211. The molecule has 6 nitrogen and oxygen atoms in total. The highest BCUT2D eigenvalue weighted by Crippen LogP contribution is 2.20. The number of nitrogens with zero attached hydrogens (tertiary/aromatic N) is 2. The molecule has 1 aromatic rings. The molecule has 1 aromatic carbocycles. The van der Waals surface area contributed by atoms with Gasteiger partial charge in [-0.25, -0.2) is 8.42 Å². The third kappa shape index (κ3) is 5.77. The molecule has 0 aliphatic carbocycles. The van der Waals surface area contributed by atoms with E-state index in [1.54, 1.807) is 29.2 Å². The summed E-state index contributed by atoms with van der Waals surface area (Å²) in [5.74, 6) is 0.195. The first-order chi connectivity index (χ1) is 11.8. The van der Waals surface area contributed by atoms with Gasteiger partial charge in [0, 0.05) is 50.2 Å². The molecule has 0 bridgehead atoms. The minimum Gasteiger partial charge on any atom is -0.340 e. The summed E-state index contributed by atoms with van der Waals surface area (Å²) in [5, 5.41) is 3.21. The van der Waals surface area contributed by atoms with Gasteiger partial charge >= 0.3 is 0 Å². The number of carbonyl (C=O) groups is 1. The van der Waals surface area contributed by atoms with Crippen LogP contribution in [0.4, 0.5) is 0 Å². The first-order valence-electron chi connectivity index (χ1n) is 8.55. The minimum absolute atomic E-state index is 0.0151. The molecule has 1 N–H and O–H groups in total. The monoisotopic (exact) mass is 431 g/mol. The van der Waals surface area contributed by atoms with E-state index in [-0.39, 0.29) is 29.7 Å². The second-order valence-electron chi connectivity index (χ2n) is 6.59. The Morgan fingerprint density at radius 1 is 1.24 bits per heavy atom. The normalized spacial score (nSPS) is 15.8. The lowest BCUT2D eigenvalue weighted by Crippen LogP contribution is -2.47. The lowest BCUT2D eigenvalue weighted by molar-refractivity contribution is -0.131. The standard InChI is InChI=1S/C17H26BrN3O3S/c1-14(2)13-21(10-7-17(22)20-11-8-19-9-12-20)25(23,24)16-5-3-15(18)4-6-16/h3-6,14,19H,7-13H2,1-2H3. The predicted molar refractivity (Wildman–Crippen MR) is 102 cm³/mol. The van der Waals surface area contributed by atoms with Crippen molar-refractivity contribution in [1.29, 1.82) is 0 Å². The molecule has 8 heteroatoms. The smallest absolute Gasteiger partial charge is 0.243 e. The van der Waals surface area contributed by atoms with Gasteiger partial charge in [0.1, 0.15) is 0 Å². The zero-order chi connectivity index (χ0) is 18.4. The van der Waals surface area contributed by atoms with Crippen LogP contribution in [0.3, 0.4) is 0 Å². The molecular weight excluding hydrogens is 406 g/mol. The van der Waals surface area contributed by atoms with Gasteiger partial charge in [-0.15, -0.1) is 0 Å². The molecule has 0 radical (unpaired) electrons. The van der Waals surface area contributed by atoms with Crippen molar-refractivity contribution in [2.45, 2.75) is 25.2 Å². The second kappa shape index (κ2) is 9.12. The molecule has 1 fully saturated rings. The Labute approximate surface area is 158 Å². The Bertz CT molecular complexity index is 671. The summed E-state index contributed by atoms with van der Waals surface area (Å²) in [6.45, 7) is 7.50. The van der Waals surface area contributed by atoms with Gasteiger partial charge in [-0.3, -0.25) is 4.79 Å². The lowest BCUT2D eigenvalue weighted by atomic mass is 10.2. The van der Waals surface area contributed by atoms with Gasteiger partial charge in [0.25, 0.3) is 0 Å². The molecule has 1 saturated heterocycles. The molecule has 25 heavy (non-hydrogen) atoms. The Morgan fingerprint density at radius 2 is 1.84 bits per heavy atom. The van der Waals surface area contributed by atoms with E-state index in [2.05, 4.69) is 21.2 Å². The summed E-state index contributed by atoms with van der Waals surface area (Å²) in [5.41, 5.74) is 0. The number of benzene rings is 1. The van der Waals surface area contributed by atoms with E-state index in [0.29, 0.717) is 19.6 Å². The summed E-state index contributed by atoms with van der Waals surface area (Å²) < 4.78 is 28.1. The maximum absolute atomic E-state index is 12.9. The highest BCUT2D eigenvalue weighted by atomic mass is 79.9. The SMILES string of the molecule is CC(C)CN(CCC(=O)N1CCNCC1)S(=O)(=O)c1ccc(Br)cc1. The van der Waals surface area contributed by atoms with Crippen LogP contribution in [0.2, 0.25) is 0 Å². The van der Waals surface area contributed by atoms with Crippen LogP contribution in [0.1, 0.15) is 20.3 Å². The number of hydrogen-bond acceptors (Lipinski definition) is 4. The van der Waals surface area contributed by atoms with Gasteiger partial charge in [-0.1, -0.05) is 29.8 Å². The van der Waals surface area contributed by atoms with Crippen LogP contribution in [0, 0.1) is 5.92 Å². The van der Waals surface area contributed by atoms with Gasteiger partial charge < -0.3 is 10.2 Å². The fourth-order valence-electron chi connectivity index (χ4n) is 2.77. The van der Waals surface area contributed by atoms with E-state index < -0.39 is 10.0 Å². The molecule has 1 heterocycles. The quantitative estimate of drug-likeness (QED) is 0.715. The van der Waals surface area contributed by atoms with Crippen LogP contribution in [0.25, 0.3) is 0 Å². The topological polar surface area (TPSA) is 69.7 Å². The number of piperazine rings is 1. The molecule has 1 amide bonds. The van der Waals surface area contributed by atoms with E-state index in [4.69, 9.17) is 0 Å². The summed E-state index contributed by atoms with van der Waals surface area (Å²) in [7, 11) is -3.61. The van der Waals surface area contributed by atoms with Gasteiger partial charge in [0.2, 0.25) is 15.9 Å². The zero-order valence-corrected chi connectivity index (χ0v) is 17.1. The van der Waals surface area contributed by atoms with Crippen molar-refractivity contribution in [3.8, 4) is 0 Å². The van der Waals surface area contributed by atoms with Crippen LogP contribution in [-0.2, 0) is 14.8 Å². The van der Waals surface area contributed by atoms with Crippen molar-refractivity contribution < 1.29 is 13.2 Å². The molecule has 0 unspecified atom stereocenters. The van der Waals surface area contributed by atoms with E-state index in [1.807, 2.05) is 13.8 Å². The van der Waals surface area contributed by atoms with Crippen LogP contribution < -0.4 is 5.32 Å². The van der Waals surface area contributed by atoms with Gasteiger partial charge in [-0.05, 0) is 30.2 Å².